The highest BCUT2D eigenvalue weighted by atomic mass is 79.9. The maximum absolute atomic E-state index is 12.3. The molecule has 0 aromatic heterocycles. The monoisotopic (exact) mass is 347 g/mol. The number of halogens is 2. The number of nitrogens with zero attached hydrogens (tertiary/aromatic N) is 1. The Hall–Kier alpha value is -0.780. The number of carbonyl (C=O) groups is 1. The van der Waals surface area contributed by atoms with E-state index in [0.29, 0.717) is 32.1 Å². The number of carbonyl (C=O) groups excluding carboxylic acids is 1. The van der Waals surface area contributed by atoms with Gasteiger partial charge in [0.25, 0.3) is 0 Å². The fraction of sp³-hybridized carbons (Fsp3) is 0.462. The smallest absolute Gasteiger partial charge is 0.245 e. The molecule has 1 aromatic carbocycles. The normalized spacial score (nSPS) is 17.1. The van der Waals surface area contributed by atoms with Gasteiger partial charge < -0.3 is 14.4 Å². The largest absolute Gasteiger partial charge is 0.497 e. The standard InChI is InChI=1S/C13H15BrClNO3/c1-18-9-2-3-11(14)10(8-9)12(15)13(17)16-4-6-19-7-5-16/h2-3,8,12H,4-7H2,1H3. The fourth-order valence-corrected chi connectivity index (χ4v) is 2.85. The zero-order valence-corrected chi connectivity index (χ0v) is 12.9. The molecule has 0 N–H and O–H groups in total. The van der Waals surface area contributed by atoms with Crippen LogP contribution in [-0.4, -0.2) is 44.2 Å². The van der Waals surface area contributed by atoms with E-state index in [1.165, 1.54) is 0 Å². The maximum Gasteiger partial charge on any atom is 0.245 e. The molecule has 0 radical (unpaired) electrons. The number of alkyl halides is 1. The maximum atomic E-state index is 12.3. The van der Waals surface area contributed by atoms with Gasteiger partial charge in [-0.25, -0.2) is 0 Å². The number of morpholine rings is 1. The molecule has 19 heavy (non-hydrogen) atoms. The topological polar surface area (TPSA) is 38.8 Å². The van der Waals surface area contributed by atoms with Crippen molar-refractivity contribution in [2.45, 2.75) is 5.38 Å². The van der Waals surface area contributed by atoms with E-state index in [-0.39, 0.29) is 5.91 Å². The van der Waals surface area contributed by atoms with Crippen LogP contribution in [0.2, 0.25) is 0 Å². The van der Waals surface area contributed by atoms with Crippen LogP contribution in [0.15, 0.2) is 22.7 Å². The van der Waals surface area contributed by atoms with E-state index in [1.54, 1.807) is 18.1 Å². The van der Waals surface area contributed by atoms with Crippen LogP contribution in [0.1, 0.15) is 10.9 Å². The molecule has 0 aliphatic carbocycles. The van der Waals surface area contributed by atoms with Crippen molar-refractivity contribution < 1.29 is 14.3 Å². The van der Waals surface area contributed by atoms with Crippen molar-refractivity contribution in [3.8, 4) is 5.75 Å². The summed E-state index contributed by atoms with van der Waals surface area (Å²) in [6, 6.07) is 5.42. The quantitative estimate of drug-likeness (QED) is 0.788. The molecule has 0 bridgehead atoms. The summed E-state index contributed by atoms with van der Waals surface area (Å²) < 4.78 is 11.2. The van der Waals surface area contributed by atoms with Crippen LogP contribution in [0.3, 0.4) is 0 Å². The van der Waals surface area contributed by atoms with E-state index in [2.05, 4.69) is 15.9 Å². The average Bonchev–Trinajstić information content (AvgIpc) is 2.47. The zero-order valence-electron chi connectivity index (χ0n) is 10.6. The van der Waals surface area contributed by atoms with Crippen molar-refractivity contribution in [1.29, 1.82) is 0 Å². The molecule has 1 aliphatic rings. The van der Waals surface area contributed by atoms with E-state index in [4.69, 9.17) is 21.1 Å². The Morgan fingerprint density at radius 2 is 2.16 bits per heavy atom. The Kier molecular flexibility index (Phi) is 5.07. The molecule has 1 fully saturated rings. The third-order valence-electron chi connectivity index (χ3n) is 3.02. The van der Waals surface area contributed by atoms with Gasteiger partial charge in [0.15, 0.2) is 0 Å². The number of hydrogen-bond acceptors (Lipinski definition) is 3. The third kappa shape index (κ3) is 3.41. The van der Waals surface area contributed by atoms with Crippen molar-refractivity contribution in [3.63, 3.8) is 0 Å². The molecule has 0 spiro atoms. The number of methoxy groups -OCH3 is 1. The first-order valence-corrected chi connectivity index (χ1v) is 7.20. The van der Waals surface area contributed by atoms with Gasteiger partial charge in [0.2, 0.25) is 5.91 Å². The van der Waals surface area contributed by atoms with Crippen molar-refractivity contribution in [3.05, 3.63) is 28.2 Å². The van der Waals surface area contributed by atoms with Crippen LogP contribution < -0.4 is 4.74 Å². The minimum absolute atomic E-state index is 0.0982. The predicted molar refractivity (Wildman–Crippen MR) is 76.7 cm³/mol. The molecule has 1 saturated heterocycles. The molecule has 2 rings (SSSR count). The summed E-state index contributed by atoms with van der Waals surface area (Å²) in [4.78, 5) is 14.1. The summed E-state index contributed by atoms with van der Waals surface area (Å²) in [5.41, 5.74) is 0.720. The Balaban J connectivity index is 2.17. The van der Waals surface area contributed by atoms with Crippen LogP contribution in [0, 0.1) is 0 Å². The second kappa shape index (κ2) is 6.59. The first-order valence-electron chi connectivity index (χ1n) is 5.97. The molecule has 4 nitrogen and oxygen atoms in total. The number of ether oxygens (including phenoxy) is 2. The minimum Gasteiger partial charge on any atom is -0.497 e. The summed E-state index contributed by atoms with van der Waals surface area (Å²) in [6.07, 6.45) is 0. The van der Waals surface area contributed by atoms with Gasteiger partial charge in [-0.1, -0.05) is 15.9 Å². The van der Waals surface area contributed by atoms with Gasteiger partial charge in [-0.2, -0.15) is 0 Å². The minimum atomic E-state index is -0.720. The van der Waals surface area contributed by atoms with Gasteiger partial charge >= 0.3 is 0 Å². The van der Waals surface area contributed by atoms with Gasteiger partial charge in [-0.3, -0.25) is 4.79 Å². The van der Waals surface area contributed by atoms with Crippen LogP contribution >= 0.6 is 27.5 Å². The summed E-state index contributed by atoms with van der Waals surface area (Å²) in [7, 11) is 1.58. The summed E-state index contributed by atoms with van der Waals surface area (Å²) >= 11 is 9.72. The van der Waals surface area contributed by atoms with E-state index in [0.717, 1.165) is 10.0 Å². The fourth-order valence-electron chi connectivity index (χ4n) is 1.92. The van der Waals surface area contributed by atoms with Crippen molar-refractivity contribution in [1.82, 2.24) is 4.90 Å². The number of hydrogen-bond donors (Lipinski definition) is 0. The van der Waals surface area contributed by atoms with E-state index < -0.39 is 5.38 Å². The highest BCUT2D eigenvalue weighted by molar-refractivity contribution is 9.10. The summed E-state index contributed by atoms with van der Waals surface area (Å²) in [5.74, 6) is 0.581. The second-order valence-corrected chi connectivity index (χ2v) is 5.48. The number of benzene rings is 1. The Labute approximate surface area is 125 Å². The predicted octanol–water partition coefficient (Wildman–Crippen LogP) is 2.60. The first kappa shape index (κ1) is 14.6. The highest BCUT2D eigenvalue weighted by Gasteiger charge is 2.27. The molecule has 6 heteroatoms. The lowest BCUT2D eigenvalue weighted by Gasteiger charge is -2.29. The number of rotatable bonds is 3. The van der Waals surface area contributed by atoms with Crippen LogP contribution in [0.25, 0.3) is 0 Å². The molecule has 104 valence electrons. The molecule has 1 amide bonds. The average molecular weight is 349 g/mol. The van der Waals surface area contributed by atoms with E-state index in [9.17, 15) is 4.79 Å². The number of amides is 1. The molecule has 1 aromatic rings. The Bertz CT molecular complexity index is 463. The van der Waals surface area contributed by atoms with Crippen molar-refractivity contribution in [2.75, 3.05) is 33.4 Å². The third-order valence-corrected chi connectivity index (χ3v) is 4.16. The van der Waals surface area contributed by atoms with Gasteiger partial charge in [-0.15, -0.1) is 11.6 Å². The highest BCUT2D eigenvalue weighted by Crippen LogP contribution is 2.32. The Morgan fingerprint density at radius 1 is 1.47 bits per heavy atom. The van der Waals surface area contributed by atoms with Gasteiger partial charge in [0.05, 0.1) is 20.3 Å². The van der Waals surface area contributed by atoms with Crippen molar-refractivity contribution in [2.24, 2.45) is 0 Å². The van der Waals surface area contributed by atoms with Gasteiger partial charge in [0, 0.05) is 17.6 Å². The molecule has 1 aliphatic heterocycles. The van der Waals surface area contributed by atoms with Crippen molar-refractivity contribution >= 4 is 33.4 Å². The molecular formula is C13H15BrClNO3. The molecule has 1 atom stereocenters. The summed E-state index contributed by atoms with van der Waals surface area (Å²) in [5, 5.41) is -0.720. The van der Waals surface area contributed by atoms with E-state index in [1.807, 2.05) is 12.1 Å². The summed E-state index contributed by atoms with van der Waals surface area (Å²) in [6.45, 7) is 2.30. The molecule has 1 heterocycles. The SMILES string of the molecule is COc1ccc(Br)c(C(Cl)C(=O)N2CCOCC2)c1. The zero-order chi connectivity index (χ0) is 13.8. The first-order chi connectivity index (χ1) is 9.13. The lowest BCUT2D eigenvalue weighted by molar-refractivity contribution is -0.134. The second-order valence-electron chi connectivity index (χ2n) is 4.19. The lowest BCUT2D eigenvalue weighted by Crippen LogP contribution is -2.42. The van der Waals surface area contributed by atoms with Crippen LogP contribution in [0.4, 0.5) is 0 Å². The van der Waals surface area contributed by atoms with E-state index >= 15 is 0 Å². The lowest BCUT2D eigenvalue weighted by atomic mass is 10.1. The molecule has 0 saturated carbocycles. The van der Waals surface area contributed by atoms with Crippen LogP contribution in [0.5, 0.6) is 5.75 Å². The molecular weight excluding hydrogens is 334 g/mol. The van der Waals surface area contributed by atoms with Gasteiger partial charge in [-0.05, 0) is 23.8 Å². The van der Waals surface area contributed by atoms with Gasteiger partial charge in [0.1, 0.15) is 11.1 Å². The Morgan fingerprint density at radius 3 is 2.79 bits per heavy atom. The van der Waals surface area contributed by atoms with Crippen LogP contribution in [-0.2, 0) is 9.53 Å². The molecule has 1 unspecified atom stereocenters.